The first-order valence-corrected chi connectivity index (χ1v) is 10.5. The molecule has 2 amide bonds. The van der Waals surface area contributed by atoms with Crippen LogP contribution >= 0.6 is 11.3 Å². The second kappa shape index (κ2) is 11.6. The van der Waals surface area contributed by atoms with Gasteiger partial charge in [-0.05, 0) is 23.4 Å². The fraction of sp³-hybridized carbons (Fsp3) is 0.455. The van der Waals surface area contributed by atoms with Gasteiger partial charge in [0.25, 0.3) is 0 Å². The predicted molar refractivity (Wildman–Crippen MR) is 113 cm³/mol. The van der Waals surface area contributed by atoms with E-state index in [1.165, 1.54) is 0 Å². The van der Waals surface area contributed by atoms with Crippen LogP contribution in [0.1, 0.15) is 30.7 Å². The Labute approximate surface area is 171 Å². The van der Waals surface area contributed by atoms with Gasteiger partial charge in [-0.25, -0.2) is 0 Å². The minimum atomic E-state index is -0.143. The van der Waals surface area contributed by atoms with Crippen LogP contribution in [0.25, 0.3) is 0 Å². The first-order valence-electron chi connectivity index (χ1n) is 9.63. The monoisotopic (exact) mass is 402 g/mol. The normalized spacial score (nSPS) is 10.9. The van der Waals surface area contributed by atoms with Crippen molar-refractivity contribution in [3.05, 3.63) is 58.3 Å². The van der Waals surface area contributed by atoms with Crippen molar-refractivity contribution in [1.29, 1.82) is 0 Å². The molecule has 28 heavy (non-hydrogen) atoms. The van der Waals surface area contributed by atoms with Crippen LogP contribution < -0.4 is 0 Å². The van der Waals surface area contributed by atoms with E-state index in [1.54, 1.807) is 23.3 Å². The fourth-order valence-electron chi connectivity index (χ4n) is 2.92. The zero-order valence-corrected chi connectivity index (χ0v) is 17.8. The van der Waals surface area contributed by atoms with Crippen molar-refractivity contribution in [3.8, 4) is 0 Å². The third kappa shape index (κ3) is 7.09. The van der Waals surface area contributed by atoms with Crippen molar-refractivity contribution in [1.82, 2.24) is 9.80 Å². The molecule has 0 saturated heterocycles. The summed E-state index contributed by atoms with van der Waals surface area (Å²) in [6.07, 6.45) is 0.714. The highest BCUT2D eigenvalue weighted by atomic mass is 32.1. The number of benzene rings is 1. The lowest BCUT2D eigenvalue weighted by molar-refractivity contribution is -0.143. The molecule has 0 atom stereocenters. The number of amides is 2. The van der Waals surface area contributed by atoms with Crippen molar-refractivity contribution in [2.45, 2.75) is 33.4 Å². The molecular formula is C22H30N2O3S. The van der Waals surface area contributed by atoms with Crippen molar-refractivity contribution < 1.29 is 14.3 Å². The maximum absolute atomic E-state index is 13.1. The molecule has 1 heterocycles. The molecule has 2 rings (SSSR count). The van der Waals surface area contributed by atoms with Gasteiger partial charge in [0.1, 0.15) is 0 Å². The van der Waals surface area contributed by atoms with Gasteiger partial charge >= 0.3 is 0 Å². The van der Waals surface area contributed by atoms with E-state index < -0.39 is 0 Å². The molecular weight excluding hydrogens is 372 g/mol. The summed E-state index contributed by atoms with van der Waals surface area (Å²) in [7, 11) is 1.64. The first kappa shape index (κ1) is 22.1. The van der Waals surface area contributed by atoms with E-state index >= 15 is 0 Å². The van der Waals surface area contributed by atoms with E-state index in [9.17, 15) is 9.59 Å². The van der Waals surface area contributed by atoms with E-state index in [4.69, 9.17) is 4.74 Å². The zero-order chi connectivity index (χ0) is 20.4. The summed E-state index contributed by atoms with van der Waals surface area (Å²) >= 11 is 1.64. The molecule has 0 bridgehead atoms. The van der Waals surface area contributed by atoms with Crippen LogP contribution in [0.15, 0.2) is 47.8 Å². The number of ether oxygens (including phenoxy) is 1. The summed E-state index contributed by atoms with van der Waals surface area (Å²) in [5.74, 6) is -0.181. The molecule has 0 unspecified atom stereocenters. The summed E-state index contributed by atoms with van der Waals surface area (Å²) in [5, 5.41) is 2.01. The Kier molecular flexibility index (Phi) is 9.17. The maximum Gasteiger partial charge on any atom is 0.242 e. The number of rotatable bonds is 11. The van der Waals surface area contributed by atoms with Crippen LogP contribution in [-0.4, -0.2) is 48.4 Å². The van der Waals surface area contributed by atoms with Gasteiger partial charge in [-0.3, -0.25) is 9.59 Å². The van der Waals surface area contributed by atoms with Gasteiger partial charge in [-0.1, -0.05) is 50.2 Å². The van der Waals surface area contributed by atoms with Crippen LogP contribution in [0.4, 0.5) is 0 Å². The van der Waals surface area contributed by atoms with Gasteiger partial charge in [0, 0.05) is 37.6 Å². The topological polar surface area (TPSA) is 49.9 Å². The minimum absolute atomic E-state index is 0.000220. The lowest BCUT2D eigenvalue weighted by Crippen LogP contribution is -2.44. The summed E-state index contributed by atoms with van der Waals surface area (Å²) in [6, 6.07) is 14.0. The molecule has 1 aromatic heterocycles. The SMILES string of the molecule is COCCCN(CC(=O)N(Cc1ccccc1)Cc1cccs1)C(=O)C(C)C. The highest BCUT2D eigenvalue weighted by molar-refractivity contribution is 7.09. The molecule has 2 aromatic rings. The number of carbonyl (C=O) groups excluding carboxylic acids is 2. The summed E-state index contributed by atoms with van der Waals surface area (Å²) in [5.41, 5.74) is 1.08. The fourth-order valence-corrected chi connectivity index (χ4v) is 3.64. The number of methoxy groups -OCH3 is 1. The van der Waals surface area contributed by atoms with E-state index in [1.807, 2.05) is 66.6 Å². The quantitative estimate of drug-likeness (QED) is 0.537. The van der Waals surface area contributed by atoms with E-state index in [2.05, 4.69) is 0 Å². The molecule has 0 fully saturated rings. The average Bonchev–Trinajstić information content (AvgIpc) is 3.20. The highest BCUT2D eigenvalue weighted by Crippen LogP contribution is 2.15. The van der Waals surface area contributed by atoms with E-state index in [0.717, 1.165) is 10.4 Å². The average molecular weight is 403 g/mol. The van der Waals surface area contributed by atoms with Gasteiger partial charge in [0.05, 0.1) is 13.1 Å². The van der Waals surface area contributed by atoms with Gasteiger partial charge in [-0.15, -0.1) is 11.3 Å². The Morgan fingerprint density at radius 1 is 1.04 bits per heavy atom. The Balaban J connectivity index is 2.12. The number of nitrogens with zero attached hydrogens (tertiary/aromatic N) is 2. The zero-order valence-electron chi connectivity index (χ0n) is 17.0. The molecule has 0 saturated carbocycles. The number of carbonyl (C=O) groups is 2. The van der Waals surface area contributed by atoms with Crippen molar-refractivity contribution in [3.63, 3.8) is 0 Å². The van der Waals surface area contributed by atoms with Gasteiger partial charge in [0.15, 0.2) is 0 Å². The third-order valence-corrected chi connectivity index (χ3v) is 5.27. The minimum Gasteiger partial charge on any atom is -0.385 e. The summed E-state index contributed by atoms with van der Waals surface area (Å²) in [4.78, 5) is 30.4. The second-order valence-electron chi connectivity index (χ2n) is 7.08. The van der Waals surface area contributed by atoms with E-state index in [0.29, 0.717) is 32.7 Å². The predicted octanol–water partition coefficient (Wildman–Crippen LogP) is 3.80. The summed E-state index contributed by atoms with van der Waals surface area (Å²) < 4.78 is 5.10. The van der Waals surface area contributed by atoms with Crippen molar-refractivity contribution in [2.75, 3.05) is 26.8 Å². The summed E-state index contributed by atoms with van der Waals surface area (Å²) in [6.45, 7) is 5.99. The van der Waals surface area contributed by atoms with E-state index in [-0.39, 0.29) is 24.3 Å². The van der Waals surface area contributed by atoms with Gasteiger partial charge in [-0.2, -0.15) is 0 Å². The van der Waals surface area contributed by atoms with Crippen molar-refractivity contribution >= 4 is 23.2 Å². The van der Waals surface area contributed by atoms with Crippen LogP contribution in [0.3, 0.4) is 0 Å². The van der Waals surface area contributed by atoms with Gasteiger partial charge < -0.3 is 14.5 Å². The van der Waals surface area contributed by atoms with Gasteiger partial charge in [0.2, 0.25) is 11.8 Å². The number of hydrogen-bond donors (Lipinski definition) is 0. The molecule has 152 valence electrons. The lowest BCUT2D eigenvalue weighted by atomic mass is 10.1. The highest BCUT2D eigenvalue weighted by Gasteiger charge is 2.23. The van der Waals surface area contributed by atoms with Crippen LogP contribution in [0.2, 0.25) is 0 Å². The lowest BCUT2D eigenvalue weighted by Gasteiger charge is -2.28. The van der Waals surface area contributed by atoms with Crippen LogP contribution in [-0.2, 0) is 27.4 Å². The Morgan fingerprint density at radius 2 is 1.79 bits per heavy atom. The molecule has 5 nitrogen and oxygen atoms in total. The standard InChI is InChI=1S/C22H30N2O3S/c1-18(2)22(26)23(12-8-13-27-3)17-21(25)24(16-20-11-7-14-28-20)15-19-9-5-4-6-10-19/h4-7,9-11,14,18H,8,12-13,15-17H2,1-3H3. The third-order valence-electron chi connectivity index (χ3n) is 4.40. The molecule has 6 heteroatoms. The molecule has 0 aliphatic heterocycles. The Hall–Kier alpha value is -2.18. The maximum atomic E-state index is 13.1. The van der Waals surface area contributed by atoms with Crippen molar-refractivity contribution in [2.24, 2.45) is 5.92 Å². The molecule has 0 aliphatic rings. The molecule has 0 radical (unpaired) electrons. The first-order chi connectivity index (χ1) is 13.5. The van der Waals surface area contributed by atoms with Crippen LogP contribution in [0.5, 0.6) is 0 Å². The van der Waals surface area contributed by atoms with Crippen LogP contribution in [0, 0.1) is 5.92 Å². The molecule has 0 spiro atoms. The smallest absolute Gasteiger partial charge is 0.242 e. The number of hydrogen-bond acceptors (Lipinski definition) is 4. The molecule has 1 aromatic carbocycles. The second-order valence-corrected chi connectivity index (χ2v) is 8.11. The number of thiophene rings is 1. The largest absolute Gasteiger partial charge is 0.385 e. The Morgan fingerprint density at radius 3 is 2.39 bits per heavy atom. The molecule has 0 aliphatic carbocycles. The molecule has 0 N–H and O–H groups in total. The Bertz CT molecular complexity index is 717.